The molecule has 0 bridgehead atoms. The summed E-state index contributed by atoms with van der Waals surface area (Å²) in [6, 6.07) is 6.78. The third-order valence-electron chi connectivity index (χ3n) is 3.45. The van der Waals surface area contributed by atoms with Gasteiger partial charge in [-0.2, -0.15) is 0 Å². The van der Waals surface area contributed by atoms with Crippen LogP contribution in [-0.4, -0.2) is 19.2 Å². The second kappa shape index (κ2) is 7.11. The molecule has 0 amide bonds. The summed E-state index contributed by atoms with van der Waals surface area (Å²) in [6.07, 6.45) is 2.17. The molecule has 0 unspecified atom stereocenters. The van der Waals surface area contributed by atoms with Gasteiger partial charge in [0, 0.05) is 17.5 Å². The average molecular weight is 304 g/mol. The lowest BCUT2D eigenvalue weighted by molar-refractivity contribution is -0.147. The van der Waals surface area contributed by atoms with Crippen molar-refractivity contribution in [1.29, 1.82) is 0 Å². The van der Waals surface area contributed by atoms with Gasteiger partial charge in [-0.05, 0) is 37.5 Å². The van der Waals surface area contributed by atoms with Crippen LogP contribution >= 0.6 is 0 Å². The standard InChI is InChI=1S/C17H20O5/c1-4-5-6-12-9-16(18)22-15-10-13(7-8-14(12)15)21-11(2)17(19)20-3/h7-11H,4-6H2,1-3H3/t11-/m1/s1. The van der Waals surface area contributed by atoms with Crippen LogP contribution in [0.15, 0.2) is 33.5 Å². The number of methoxy groups -OCH3 is 1. The van der Waals surface area contributed by atoms with Crippen molar-refractivity contribution in [3.8, 4) is 5.75 Å². The summed E-state index contributed by atoms with van der Waals surface area (Å²) in [7, 11) is 1.31. The molecule has 1 aromatic carbocycles. The van der Waals surface area contributed by atoms with E-state index in [0.717, 1.165) is 30.2 Å². The lowest BCUT2D eigenvalue weighted by Gasteiger charge is -2.13. The monoisotopic (exact) mass is 304 g/mol. The molecule has 0 saturated heterocycles. The summed E-state index contributed by atoms with van der Waals surface area (Å²) in [5.41, 5.74) is 1.06. The Balaban J connectivity index is 2.34. The van der Waals surface area contributed by atoms with Gasteiger partial charge in [-0.25, -0.2) is 9.59 Å². The quantitative estimate of drug-likeness (QED) is 0.606. The van der Waals surface area contributed by atoms with Crippen LogP contribution < -0.4 is 10.4 Å². The minimum absolute atomic E-state index is 0.378. The first-order valence-electron chi connectivity index (χ1n) is 7.36. The number of benzene rings is 1. The van der Waals surface area contributed by atoms with E-state index in [1.807, 2.05) is 6.07 Å². The van der Waals surface area contributed by atoms with Crippen LogP contribution in [0.3, 0.4) is 0 Å². The van der Waals surface area contributed by atoms with Gasteiger partial charge >= 0.3 is 11.6 Å². The summed E-state index contributed by atoms with van der Waals surface area (Å²) < 4.78 is 15.4. The van der Waals surface area contributed by atoms with Crippen LogP contribution in [-0.2, 0) is 16.0 Å². The van der Waals surface area contributed by atoms with Crippen molar-refractivity contribution in [3.05, 3.63) is 40.2 Å². The summed E-state index contributed by atoms with van der Waals surface area (Å²) in [5.74, 6) is -0.000521. The molecule has 1 heterocycles. The first-order valence-corrected chi connectivity index (χ1v) is 7.36. The number of unbranched alkanes of at least 4 members (excludes halogenated alkanes) is 1. The maximum absolute atomic E-state index is 11.7. The van der Waals surface area contributed by atoms with Gasteiger partial charge in [-0.3, -0.25) is 0 Å². The Labute approximate surface area is 128 Å². The Morgan fingerprint density at radius 1 is 1.32 bits per heavy atom. The van der Waals surface area contributed by atoms with Crippen LogP contribution in [0.1, 0.15) is 32.3 Å². The minimum atomic E-state index is -0.725. The van der Waals surface area contributed by atoms with E-state index >= 15 is 0 Å². The first kappa shape index (κ1) is 16.1. The molecule has 2 rings (SSSR count). The third-order valence-corrected chi connectivity index (χ3v) is 3.45. The van der Waals surface area contributed by atoms with E-state index in [2.05, 4.69) is 11.7 Å². The zero-order chi connectivity index (χ0) is 16.1. The van der Waals surface area contributed by atoms with Gasteiger partial charge in [0.15, 0.2) is 6.10 Å². The van der Waals surface area contributed by atoms with Gasteiger partial charge < -0.3 is 13.9 Å². The molecule has 22 heavy (non-hydrogen) atoms. The number of rotatable bonds is 6. The maximum atomic E-state index is 11.7. The molecule has 0 aliphatic rings. The van der Waals surface area contributed by atoms with Crippen molar-refractivity contribution in [3.63, 3.8) is 0 Å². The van der Waals surface area contributed by atoms with E-state index in [1.54, 1.807) is 19.1 Å². The Morgan fingerprint density at radius 3 is 2.77 bits per heavy atom. The lowest BCUT2D eigenvalue weighted by atomic mass is 10.0. The highest BCUT2D eigenvalue weighted by molar-refractivity contribution is 5.82. The average Bonchev–Trinajstić information content (AvgIpc) is 2.51. The summed E-state index contributed by atoms with van der Waals surface area (Å²) in [5, 5.41) is 0.895. The summed E-state index contributed by atoms with van der Waals surface area (Å²) >= 11 is 0. The molecule has 1 atom stereocenters. The molecule has 5 nitrogen and oxygen atoms in total. The van der Waals surface area contributed by atoms with Gasteiger partial charge in [0.25, 0.3) is 0 Å². The normalized spacial score (nSPS) is 12.1. The summed E-state index contributed by atoms with van der Waals surface area (Å²) in [6.45, 7) is 3.71. The van der Waals surface area contributed by atoms with E-state index in [-0.39, 0.29) is 5.63 Å². The number of aryl methyl sites for hydroxylation is 1. The number of ether oxygens (including phenoxy) is 2. The molecule has 0 aliphatic carbocycles. The first-order chi connectivity index (χ1) is 10.5. The number of hydrogen-bond acceptors (Lipinski definition) is 5. The zero-order valence-electron chi connectivity index (χ0n) is 13.0. The highest BCUT2D eigenvalue weighted by Crippen LogP contribution is 2.24. The predicted molar refractivity (Wildman–Crippen MR) is 83.2 cm³/mol. The Hall–Kier alpha value is -2.30. The molecule has 118 valence electrons. The lowest BCUT2D eigenvalue weighted by Crippen LogP contribution is -2.24. The molecule has 0 saturated carbocycles. The molecular formula is C17H20O5. The van der Waals surface area contributed by atoms with Crippen molar-refractivity contribution in [2.24, 2.45) is 0 Å². The fourth-order valence-electron chi connectivity index (χ4n) is 2.28. The van der Waals surface area contributed by atoms with Crippen LogP contribution in [0.4, 0.5) is 0 Å². The van der Waals surface area contributed by atoms with E-state index in [1.165, 1.54) is 13.2 Å². The second-order valence-electron chi connectivity index (χ2n) is 5.14. The van der Waals surface area contributed by atoms with Crippen molar-refractivity contribution in [2.75, 3.05) is 7.11 Å². The maximum Gasteiger partial charge on any atom is 0.346 e. The zero-order valence-corrected chi connectivity index (χ0v) is 13.0. The topological polar surface area (TPSA) is 65.7 Å². The molecule has 5 heteroatoms. The largest absolute Gasteiger partial charge is 0.479 e. The minimum Gasteiger partial charge on any atom is -0.479 e. The van der Waals surface area contributed by atoms with Gasteiger partial charge in [0.05, 0.1) is 7.11 Å². The molecule has 0 N–H and O–H groups in total. The molecule has 0 radical (unpaired) electrons. The van der Waals surface area contributed by atoms with Crippen molar-refractivity contribution < 1.29 is 18.7 Å². The van der Waals surface area contributed by atoms with E-state index < -0.39 is 12.1 Å². The fraction of sp³-hybridized carbons (Fsp3) is 0.412. The molecule has 2 aromatic rings. The number of hydrogen-bond donors (Lipinski definition) is 0. The highest BCUT2D eigenvalue weighted by atomic mass is 16.6. The predicted octanol–water partition coefficient (Wildman–Crippen LogP) is 3.08. The summed E-state index contributed by atoms with van der Waals surface area (Å²) in [4.78, 5) is 23.1. The molecule has 0 spiro atoms. The highest BCUT2D eigenvalue weighted by Gasteiger charge is 2.15. The van der Waals surface area contributed by atoms with Crippen molar-refractivity contribution >= 4 is 16.9 Å². The van der Waals surface area contributed by atoms with Gasteiger partial charge in [-0.15, -0.1) is 0 Å². The Morgan fingerprint density at radius 2 is 2.09 bits per heavy atom. The fourth-order valence-corrected chi connectivity index (χ4v) is 2.28. The van der Waals surface area contributed by atoms with Gasteiger partial charge in [-0.1, -0.05) is 13.3 Å². The molecule has 0 aliphatic heterocycles. The number of carbonyl (C=O) groups is 1. The van der Waals surface area contributed by atoms with Gasteiger partial charge in [0.1, 0.15) is 11.3 Å². The van der Waals surface area contributed by atoms with E-state index in [9.17, 15) is 9.59 Å². The number of fused-ring (bicyclic) bond motifs is 1. The van der Waals surface area contributed by atoms with E-state index in [4.69, 9.17) is 9.15 Å². The molecular weight excluding hydrogens is 284 g/mol. The number of carbonyl (C=O) groups excluding carboxylic acids is 1. The van der Waals surface area contributed by atoms with Crippen molar-refractivity contribution in [1.82, 2.24) is 0 Å². The Bertz CT molecular complexity index is 717. The van der Waals surface area contributed by atoms with Crippen LogP contribution in [0.5, 0.6) is 5.75 Å². The smallest absolute Gasteiger partial charge is 0.346 e. The Kier molecular flexibility index (Phi) is 5.20. The molecule has 0 fully saturated rings. The van der Waals surface area contributed by atoms with Crippen LogP contribution in [0.25, 0.3) is 11.0 Å². The second-order valence-corrected chi connectivity index (χ2v) is 5.14. The van der Waals surface area contributed by atoms with Gasteiger partial charge in [0.2, 0.25) is 0 Å². The molecule has 1 aromatic heterocycles. The number of esters is 1. The van der Waals surface area contributed by atoms with Crippen LogP contribution in [0.2, 0.25) is 0 Å². The van der Waals surface area contributed by atoms with E-state index in [0.29, 0.717) is 11.3 Å². The third kappa shape index (κ3) is 3.67. The van der Waals surface area contributed by atoms with Crippen LogP contribution in [0, 0.1) is 0 Å². The SMILES string of the molecule is CCCCc1cc(=O)oc2cc(O[C@H](C)C(=O)OC)ccc12. The van der Waals surface area contributed by atoms with Crippen molar-refractivity contribution in [2.45, 2.75) is 39.2 Å².